The fraction of sp³-hybridized carbons (Fsp3) is 0.615. The Morgan fingerprint density at radius 3 is 2.52 bits per heavy atom. The average Bonchev–Trinajstić information content (AvgIpc) is 2.50. The number of halogens is 2. The van der Waals surface area contributed by atoms with Gasteiger partial charge < -0.3 is 15.4 Å². The molecule has 0 bridgehead atoms. The molecule has 1 aromatic rings. The van der Waals surface area contributed by atoms with Crippen LogP contribution in [0.2, 0.25) is 0 Å². The van der Waals surface area contributed by atoms with Crippen molar-refractivity contribution in [2.75, 3.05) is 36.4 Å². The van der Waals surface area contributed by atoms with Crippen molar-refractivity contribution in [1.82, 2.24) is 9.55 Å². The van der Waals surface area contributed by atoms with Crippen LogP contribution >= 0.6 is 23.2 Å². The highest BCUT2D eigenvalue weighted by molar-refractivity contribution is 6.18. The first-order valence-corrected chi connectivity index (χ1v) is 8.14. The highest BCUT2D eigenvalue weighted by Crippen LogP contribution is 2.07. The van der Waals surface area contributed by atoms with Gasteiger partial charge in [0, 0.05) is 31.0 Å². The lowest BCUT2D eigenvalue weighted by atomic mass is 10.3. The number of rotatable bonds is 9. The standard InChI is InChI=1S/C13H20Cl2N4O4/c1-2-23-12(21)9(16)7-19-8-10(11(20)17-13(19)22)18(5-3-14)6-4-15/h8-9H,2-7,16H2,1H3,(H,17,20,22). The van der Waals surface area contributed by atoms with Crippen LogP contribution in [0.5, 0.6) is 0 Å². The number of nitrogens with zero attached hydrogens (tertiary/aromatic N) is 2. The van der Waals surface area contributed by atoms with Crippen LogP contribution in [0.15, 0.2) is 15.8 Å². The van der Waals surface area contributed by atoms with Crippen LogP contribution in [0.3, 0.4) is 0 Å². The molecule has 0 radical (unpaired) electrons. The number of ether oxygens (including phenoxy) is 1. The van der Waals surface area contributed by atoms with Gasteiger partial charge in [-0.15, -0.1) is 23.2 Å². The van der Waals surface area contributed by atoms with Gasteiger partial charge in [0.25, 0.3) is 5.56 Å². The van der Waals surface area contributed by atoms with Crippen molar-refractivity contribution < 1.29 is 9.53 Å². The summed E-state index contributed by atoms with van der Waals surface area (Å²) in [6.07, 6.45) is 1.35. The second kappa shape index (κ2) is 9.59. The van der Waals surface area contributed by atoms with Gasteiger partial charge >= 0.3 is 11.7 Å². The number of nitrogens with two attached hydrogens (primary N) is 1. The van der Waals surface area contributed by atoms with E-state index in [4.69, 9.17) is 33.7 Å². The number of anilines is 1. The Hall–Kier alpha value is -1.51. The summed E-state index contributed by atoms with van der Waals surface area (Å²) in [7, 11) is 0. The molecule has 0 saturated heterocycles. The molecular formula is C13H20Cl2N4O4. The van der Waals surface area contributed by atoms with E-state index in [0.717, 1.165) is 4.57 Å². The third-order valence-electron chi connectivity index (χ3n) is 3.02. The Kier molecular flexibility index (Phi) is 8.15. The number of aromatic amines is 1. The Bertz CT molecular complexity index is 625. The maximum absolute atomic E-state index is 12.0. The topological polar surface area (TPSA) is 110 Å². The Labute approximate surface area is 143 Å². The Morgan fingerprint density at radius 1 is 1.39 bits per heavy atom. The highest BCUT2D eigenvalue weighted by atomic mass is 35.5. The quantitative estimate of drug-likeness (QED) is 0.459. The number of carbonyl (C=O) groups excluding carboxylic acids is 1. The second-order valence-corrected chi connectivity index (χ2v) is 5.41. The molecule has 8 nitrogen and oxygen atoms in total. The monoisotopic (exact) mass is 366 g/mol. The van der Waals surface area contributed by atoms with Gasteiger partial charge in [0.15, 0.2) is 0 Å². The van der Waals surface area contributed by atoms with E-state index >= 15 is 0 Å². The summed E-state index contributed by atoms with van der Waals surface area (Å²) in [5.74, 6) is -0.0409. The lowest BCUT2D eigenvalue weighted by molar-refractivity contribution is -0.145. The second-order valence-electron chi connectivity index (χ2n) is 4.65. The minimum Gasteiger partial charge on any atom is -0.465 e. The van der Waals surface area contributed by atoms with Crippen molar-refractivity contribution in [3.8, 4) is 0 Å². The summed E-state index contributed by atoms with van der Waals surface area (Å²) in [5.41, 5.74) is 4.73. The molecule has 10 heteroatoms. The summed E-state index contributed by atoms with van der Waals surface area (Å²) in [6, 6.07) is -1.01. The van der Waals surface area contributed by atoms with Crippen LogP contribution < -0.4 is 21.9 Å². The van der Waals surface area contributed by atoms with Crippen molar-refractivity contribution in [2.45, 2.75) is 19.5 Å². The minimum absolute atomic E-state index is 0.114. The van der Waals surface area contributed by atoms with E-state index in [1.807, 2.05) is 0 Å². The van der Waals surface area contributed by atoms with Gasteiger partial charge in [-0.1, -0.05) is 0 Å². The first-order valence-electron chi connectivity index (χ1n) is 7.07. The van der Waals surface area contributed by atoms with Crippen molar-refractivity contribution in [1.29, 1.82) is 0 Å². The van der Waals surface area contributed by atoms with Crippen molar-refractivity contribution in [3.63, 3.8) is 0 Å². The van der Waals surface area contributed by atoms with E-state index in [0.29, 0.717) is 13.1 Å². The Balaban J connectivity index is 3.10. The molecule has 1 unspecified atom stereocenters. The van der Waals surface area contributed by atoms with Gasteiger partial charge in [-0.05, 0) is 6.92 Å². The fourth-order valence-electron chi connectivity index (χ4n) is 1.95. The predicted molar refractivity (Wildman–Crippen MR) is 89.6 cm³/mol. The number of carbonyl (C=O) groups is 1. The molecule has 0 aliphatic heterocycles. The maximum atomic E-state index is 12.0. The molecule has 0 amide bonds. The van der Waals surface area contributed by atoms with E-state index in [9.17, 15) is 14.4 Å². The molecule has 0 aliphatic rings. The van der Waals surface area contributed by atoms with Crippen LogP contribution in [-0.2, 0) is 16.1 Å². The molecule has 0 fully saturated rings. The number of alkyl halides is 2. The van der Waals surface area contributed by atoms with Gasteiger partial charge in [-0.3, -0.25) is 19.1 Å². The number of aromatic nitrogens is 2. The number of esters is 1. The van der Waals surface area contributed by atoms with Gasteiger partial charge in [0.05, 0.1) is 13.2 Å². The zero-order valence-electron chi connectivity index (χ0n) is 12.8. The van der Waals surface area contributed by atoms with Crippen LogP contribution in [0.25, 0.3) is 0 Å². The summed E-state index contributed by atoms with van der Waals surface area (Å²) in [6.45, 7) is 2.51. The third kappa shape index (κ3) is 5.56. The lowest BCUT2D eigenvalue weighted by Gasteiger charge is -2.22. The minimum atomic E-state index is -1.01. The molecule has 130 valence electrons. The molecule has 1 heterocycles. The van der Waals surface area contributed by atoms with Gasteiger partial charge in [-0.25, -0.2) is 4.79 Å². The van der Waals surface area contributed by atoms with Crippen LogP contribution in [-0.4, -0.2) is 53.0 Å². The van der Waals surface area contributed by atoms with Crippen molar-refractivity contribution >= 4 is 34.9 Å². The van der Waals surface area contributed by atoms with E-state index in [1.165, 1.54) is 6.20 Å². The lowest BCUT2D eigenvalue weighted by Crippen LogP contribution is -2.43. The molecule has 0 aromatic carbocycles. The maximum Gasteiger partial charge on any atom is 0.328 e. The molecule has 0 spiro atoms. The summed E-state index contributed by atoms with van der Waals surface area (Å²) in [4.78, 5) is 39.3. The van der Waals surface area contributed by atoms with E-state index < -0.39 is 23.3 Å². The van der Waals surface area contributed by atoms with Crippen molar-refractivity contribution in [2.24, 2.45) is 5.73 Å². The fourth-order valence-corrected chi connectivity index (χ4v) is 2.36. The number of H-pyrrole nitrogens is 1. The number of hydrogen-bond donors (Lipinski definition) is 2. The third-order valence-corrected chi connectivity index (χ3v) is 3.36. The van der Waals surface area contributed by atoms with Crippen LogP contribution in [0, 0.1) is 0 Å². The number of nitrogens with one attached hydrogen (secondary N) is 1. The summed E-state index contributed by atoms with van der Waals surface area (Å²) in [5, 5.41) is 0. The van der Waals surface area contributed by atoms with E-state index in [2.05, 4.69) is 4.98 Å². The molecule has 0 aliphatic carbocycles. The first kappa shape index (κ1) is 19.5. The SMILES string of the molecule is CCOC(=O)C(N)Cn1cc(N(CCCl)CCCl)c(=O)[nH]c1=O. The molecule has 1 rings (SSSR count). The predicted octanol–water partition coefficient (Wildman–Crippen LogP) is -0.289. The molecule has 3 N–H and O–H groups in total. The average molecular weight is 367 g/mol. The zero-order chi connectivity index (χ0) is 17.4. The van der Waals surface area contributed by atoms with E-state index in [1.54, 1.807) is 11.8 Å². The van der Waals surface area contributed by atoms with Crippen molar-refractivity contribution in [3.05, 3.63) is 27.0 Å². The molecule has 0 saturated carbocycles. The number of hydrogen-bond acceptors (Lipinski definition) is 6. The molecular weight excluding hydrogens is 347 g/mol. The van der Waals surface area contributed by atoms with Crippen LogP contribution in [0.4, 0.5) is 5.69 Å². The van der Waals surface area contributed by atoms with E-state index in [-0.39, 0.29) is 30.6 Å². The van der Waals surface area contributed by atoms with Crippen LogP contribution in [0.1, 0.15) is 6.92 Å². The first-order chi connectivity index (χ1) is 10.9. The zero-order valence-corrected chi connectivity index (χ0v) is 14.3. The van der Waals surface area contributed by atoms with Gasteiger partial charge in [0.2, 0.25) is 0 Å². The highest BCUT2D eigenvalue weighted by Gasteiger charge is 2.18. The van der Waals surface area contributed by atoms with Gasteiger partial charge in [-0.2, -0.15) is 0 Å². The summed E-state index contributed by atoms with van der Waals surface area (Å²) < 4.78 is 5.96. The molecule has 1 atom stereocenters. The van der Waals surface area contributed by atoms with Gasteiger partial charge in [0.1, 0.15) is 11.7 Å². The molecule has 1 aromatic heterocycles. The Morgan fingerprint density at radius 2 is 2.00 bits per heavy atom. The molecule has 23 heavy (non-hydrogen) atoms. The summed E-state index contributed by atoms with van der Waals surface area (Å²) >= 11 is 11.4. The smallest absolute Gasteiger partial charge is 0.328 e. The largest absolute Gasteiger partial charge is 0.465 e. The normalized spacial score (nSPS) is 12.0.